The van der Waals surface area contributed by atoms with Gasteiger partial charge in [-0.1, -0.05) is 30.3 Å². The van der Waals surface area contributed by atoms with Crippen molar-refractivity contribution < 1.29 is 17.9 Å². The van der Waals surface area contributed by atoms with Crippen molar-refractivity contribution in [1.82, 2.24) is 9.29 Å². The van der Waals surface area contributed by atoms with Crippen LogP contribution < -0.4 is 0 Å². The zero-order valence-corrected chi connectivity index (χ0v) is 15.4. The molecule has 2 unspecified atom stereocenters. The Kier molecular flexibility index (Phi) is 5.68. The van der Waals surface area contributed by atoms with Gasteiger partial charge in [0.15, 0.2) is 0 Å². The maximum Gasteiger partial charge on any atom is 0.310 e. The fraction of sp³-hybridized carbons (Fsp3) is 0.368. The van der Waals surface area contributed by atoms with Crippen molar-refractivity contribution in [3.05, 3.63) is 60.4 Å². The van der Waals surface area contributed by atoms with Gasteiger partial charge in [0.05, 0.1) is 18.6 Å². The highest BCUT2D eigenvalue weighted by molar-refractivity contribution is 7.89. The number of hydrogen-bond acceptors (Lipinski definition) is 5. The lowest BCUT2D eigenvalue weighted by Crippen LogP contribution is -2.44. The van der Waals surface area contributed by atoms with Crippen LogP contribution in [0, 0.1) is 5.92 Å². The lowest BCUT2D eigenvalue weighted by Gasteiger charge is -2.38. The zero-order valence-electron chi connectivity index (χ0n) is 14.6. The molecule has 0 bridgehead atoms. The highest BCUT2D eigenvalue weighted by atomic mass is 32.2. The lowest BCUT2D eigenvalue weighted by molar-refractivity contribution is -0.149. The normalized spacial score (nSPS) is 21.3. The monoisotopic (exact) mass is 374 g/mol. The van der Waals surface area contributed by atoms with E-state index in [9.17, 15) is 13.2 Å². The highest BCUT2D eigenvalue weighted by Gasteiger charge is 2.40. The Labute approximate surface area is 153 Å². The number of rotatable bonds is 5. The molecule has 6 nitrogen and oxygen atoms in total. The number of hydrogen-bond donors (Lipinski definition) is 0. The third-order valence-electron chi connectivity index (χ3n) is 4.58. The van der Waals surface area contributed by atoms with E-state index in [1.165, 1.54) is 22.8 Å². The van der Waals surface area contributed by atoms with Gasteiger partial charge in [-0.2, -0.15) is 4.31 Å². The molecule has 1 aliphatic heterocycles. The first kappa shape index (κ1) is 18.5. The summed E-state index contributed by atoms with van der Waals surface area (Å²) in [6.07, 6.45) is 4.03. The quantitative estimate of drug-likeness (QED) is 0.752. The maximum atomic E-state index is 13.2. The van der Waals surface area contributed by atoms with E-state index in [4.69, 9.17) is 4.74 Å². The molecule has 2 aromatic rings. The molecule has 1 saturated heterocycles. The molecule has 2 atom stereocenters. The third-order valence-corrected chi connectivity index (χ3v) is 6.44. The van der Waals surface area contributed by atoms with Crippen LogP contribution in [0.2, 0.25) is 0 Å². The Balaban J connectivity index is 1.97. The molecule has 1 fully saturated rings. The Morgan fingerprint density at radius 2 is 1.96 bits per heavy atom. The fourth-order valence-electron chi connectivity index (χ4n) is 3.30. The summed E-state index contributed by atoms with van der Waals surface area (Å²) < 4.78 is 33.0. The van der Waals surface area contributed by atoms with Gasteiger partial charge in [-0.05, 0) is 37.5 Å². The molecule has 26 heavy (non-hydrogen) atoms. The number of pyridine rings is 1. The van der Waals surface area contributed by atoms with Crippen molar-refractivity contribution in [2.45, 2.75) is 30.7 Å². The fourth-order valence-corrected chi connectivity index (χ4v) is 4.95. The van der Waals surface area contributed by atoms with Gasteiger partial charge in [0, 0.05) is 18.9 Å². The van der Waals surface area contributed by atoms with Crippen LogP contribution in [0.4, 0.5) is 0 Å². The summed E-state index contributed by atoms with van der Waals surface area (Å²) in [5, 5.41) is 0. The topological polar surface area (TPSA) is 76.6 Å². The maximum absolute atomic E-state index is 13.2. The number of sulfonamides is 1. The van der Waals surface area contributed by atoms with Crippen molar-refractivity contribution in [3.63, 3.8) is 0 Å². The summed E-state index contributed by atoms with van der Waals surface area (Å²) >= 11 is 0. The molecule has 0 radical (unpaired) electrons. The van der Waals surface area contributed by atoms with Crippen LogP contribution in [0.3, 0.4) is 0 Å². The van der Waals surface area contributed by atoms with E-state index in [1.54, 1.807) is 13.0 Å². The SMILES string of the molecule is CCOC(=O)C1CCC(c2ccccc2)N(S(=O)(=O)c2cccnc2)C1. The van der Waals surface area contributed by atoms with Gasteiger partial charge in [-0.15, -0.1) is 0 Å². The molecule has 0 N–H and O–H groups in total. The number of aromatic nitrogens is 1. The summed E-state index contributed by atoms with van der Waals surface area (Å²) in [6, 6.07) is 12.3. The first-order chi connectivity index (χ1) is 12.5. The molecule has 1 aliphatic rings. The van der Waals surface area contributed by atoms with Crippen LogP contribution in [-0.4, -0.2) is 36.8 Å². The molecular formula is C19H22N2O4S. The predicted octanol–water partition coefficient (Wildman–Crippen LogP) is 2.79. The van der Waals surface area contributed by atoms with Crippen LogP contribution in [0.5, 0.6) is 0 Å². The number of piperidine rings is 1. The van der Waals surface area contributed by atoms with E-state index in [-0.39, 0.29) is 30.1 Å². The summed E-state index contributed by atoms with van der Waals surface area (Å²) in [5.74, 6) is -0.799. The molecule has 0 saturated carbocycles. The van der Waals surface area contributed by atoms with Gasteiger partial charge in [0.1, 0.15) is 4.90 Å². The summed E-state index contributed by atoms with van der Waals surface area (Å²) in [7, 11) is -3.78. The largest absolute Gasteiger partial charge is 0.466 e. The number of carbonyl (C=O) groups is 1. The van der Waals surface area contributed by atoms with Gasteiger partial charge >= 0.3 is 5.97 Å². The molecule has 7 heteroatoms. The van der Waals surface area contributed by atoms with Gasteiger partial charge in [0.2, 0.25) is 10.0 Å². The molecule has 0 amide bonds. The Morgan fingerprint density at radius 1 is 1.19 bits per heavy atom. The molecular weight excluding hydrogens is 352 g/mol. The Bertz CT molecular complexity index is 840. The predicted molar refractivity (Wildman–Crippen MR) is 96.7 cm³/mol. The number of carbonyl (C=O) groups excluding carboxylic acids is 1. The first-order valence-corrected chi connectivity index (χ1v) is 10.1. The van der Waals surface area contributed by atoms with Crippen molar-refractivity contribution in [2.24, 2.45) is 5.92 Å². The smallest absolute Gasteiger partial charge is 0.310 e. The van der Waals surface area contributed by atoms with Crippen LogP contribution in [0.25, 0.3) is 0 Å². The van der Waals surface area contributed by atoms with E-state index in [0.29, 0.717) is 12.8 Å². The minimum absolute atomic E-state index is 0.107. The van der Waals surface area contributed by atoms with Crippen LogP contribution in [0.1, 0.15) is 31.4 Å². The molecule has 0 spiro atoms. The average Bonchev–Trinajstić information content (AvgIpc) is 2.69. The minimum atomic E-state index is -3.78. The molecule has 1 aromatic carbocycles. The van der Waals surface area contributed by atoms with Crippen molar-refractivity contribution >= 4 is 16.0 Å². The highest BCUT2D eigenvalue weighted by Crippen LogP contribution is 2.37. The number of ether oxygens (including phenoxy) is 1. The summed E-state index contributed by atoms with van der Waals surface area (Å²) in [6.45, 7) is 2.14. The molecule has 1 aromatic heterocycles. The molecule has 138 valence electrons. The van der Waals surface area contributed by atoms with Gasteiger partial charge < -0.3 is 4.74 Å². The zero-order chi connectivity index (χ0) is 18.6. The second kappa shape index (κ2) is 7.97. The second-order valence-electron chi connectivity index (χ2n) is 6.22. The average molecular weight is 374 g/mol. The summed E-state index contributed by atoms with van der Waals surface area (Å²) in [4.78, 5) is 16.3. The Morgan fingerprint density at radius 3 is 2.62 bits per heavy atom. The standard InChI is InChI=1S/C19H22N2O4S/c1-2-25-19(22)16-10-11-18(15-7-4-3-5-8-15)21(14-16)26(23,24)17-9-6-12-20-13-17/h3-9,12-13,16,18H,2,10-11,14H2,1H3. The van der Waals surface area contributed by atoms with Gasteiger partial charge in [-0.3, -0.25) is 9.78 Å². The van der Waals surface area contributed by atoms with Crippen LogP contribution in [-0.2, 0) is 19.6 Å². The first-order valence-electron chi connectivity index (χ1n) is 8.67. The van der Waals surface area contributed by atoms with Crippen LogP contribution >= 0.6 is 0 Å². The van der Waals surface area contributed by atoms with E-state index >= 15 is 0 Å². The lowest BCUT2D eigenvalue weighted by atomic mass is 9.91. The van der Waals surface area contributed by atoms with Gasteiger partial charge in [-0.25, -0.2) is 8.42 Å². The van der Waals surface area contributed by atoms with Gasteiger partial charge in [0.25, 0.3) is 0 Å². The van der Waals surface area contributed by atoms with E-state index in [1.807, 2.05) is 30.3 Å². The molecule has 3 rings (SSSR count). The van der Waals surface area contributed by atoms with E-state index < -0.39 is 15.9 Å². The number of esters is 1. The van der Waals surface area contributed by atoms with Crippen molar-refractivity contribution in [1.29, 1.82) is 0 Å². The van der Waals surface area contributed by atoms with E-state index in [2.05, 4.69) is 4.98 Å². The molecule has 2 heterocycles. The third kappa shape index (κ3) is 3.78. The number of nitrogens with zero attached hydrogens (tertiary/aromatic N) is 2. The minimum Gasteiger partial charge on any atom is -0.466 e. The van der Waals surface area contributed by atoms with Crippen LogP contribution in [0.15, 0.2) is 59.8 Å². The van der Waals surface area contributed by atoms with Crippen molar-refractivity contribution in [3.8, 4) is 0 Å². The number of benzene rings is 1. The summed E-state index contributed by atoms with van der Waals surface area (Å²) in [5.41, 5.74) is 0.919. The van der Waals surface area contributed by atoms with E-state index in [0.717, 1.165) is 5.56 Å². The molecule has 0 aliphatic carbocycles. The Hall–Kier alpha value is -2.25. The van der Waals surface area contributed by atoms with Crippen molar-refractivity contribution in [2.75, 3.05) is 13.2 Å². The second-order valence-corrected chi connectivity index (χ2v) is 8.11.